The number of imidazole rings is 1. The molecule has 30 heavy (non-hydrogen) atoms. The summed E-state index contributed by atoms with van der Waals surface area (Å²) >= 11 is 0. The van der Waals surface area contributed by atoms with E-state index in [-0.39, 0.29) is 11.6 Å². The molecule has 1 aromatic heterocycles. The molecule has 0 spiro atoms. The Bertz CT molecular complexity index is 1180. The number of nitro benzene ring substituents is 1. The molecule has 1 aliphatic heterocycles. The smallest absolute Gasteiger partial charge is 0.269 e. The van der Waals surface area contributed by atoms with Gasteiger partial charge in [-0.2, -0.15) is 0 Å². The number of carbonyl (C=O) groups is 1. The van der Waals surface area contributed by atoms with Gasteiger partial charge in [-0.3, -0.25) is 19.5 Å². The van der Waals surface area contributed by atoms with E-state index in [1.54, 1.807) is 11.0 Å². The summed E-state index contributed by atoms with van der Waals surface area (Å²) in [5.74, 6) is 0.520. The van der Waals surface area contributed by atoms with Crippen molar-refractivity contribution >= 4 is 28.6 Å². The van der Waals surface area contributed by atoms with E-state index in [0.717, 1.165) is 11.0 Å². The average Bonchev–Trinajstić information content (AvgIpc) is 3.11. The number of amides is 1. The fourth-order valence-electron chi connectivity index (χ4n) is 4.05. The number of carbonyl (C=O) groups excluding carboxylic acids is 1. The van der Waals surface area contributed by atoms with Gasteiger partial charge < -0.3 is 10.2 Å². The summed E-state index contributed by atoms with van der Waals surface area (Å²) in [6.07, 6.45) is 0. The van der Waals surface area contributed by atoms with Crippen molar-refractivity contribution in [2.45, 2.75) is 26.8 Å². The van der Waals surface area contributed by atoms with Crippen molar-refractivity contribution in [3.63, 3.8) is 0 Å². The van der Waals surface area contributed by atoms with Gasteiger partial charge in [0.25, 0.3) is 11.6 Å². The number of fused-ring (bicyclic) bond motifs is 3. The van der Waals surface area contributed by atoms with E-state index in [1.807, 2.05) is 55.7 Å². The van der Waals surface area contributed by atoms with E-state index < -0.39 is 11.0 Å². The first-order valence-electron chi connectivity index (χ1n) is 9.94. The van der Waals surface area contributed by atoms with Crippen LogP contribution in [0, 0.1) is 10.1 Å². The molecule has 2 aromatic carbocycles. The summed E-state index contributed by atoms with van der Waals surface area (Å²) in [5, 5.41) is 14.7. The van der Waals surface area contributed by atoms with Crippen molar-refractivity contribution in [1.29, 1.82) is 0 Å². The molecule has 8 nitrogen and oxygen atoms in total. The van der Waals surface area contributed by atoms with Crippen molar-refractivity contribution in [2.24, 2.45) is 0 Å². The number of nitrogens with zero attached hydrogens (tertiary/aromatic N) is 4. The van der Waals surface area contributed by atoms with Gasteiger partial charge in [0.15, 0.2) is 0 Å². The zero-order chi connectivity index (χ0) is 21.4. The second-order valence-electron chi connectivity index (χ2n) is 7.19. The number of hydrogen-bond acceptors (Lipinski definition) is 5. The molecule has 154 valence electrons. The SMILES string of the molecule is CCN(CC)C(=O)C1=C(C)Nc2nc3ccccc3n2[C@@H]1c1cccc([N+](=O)[O-])c1. The molecule has 1 aliphatic rings. The van der Waals surface area contributed by atoms with Gasteiger partial charge in [0.05, 0.1) is 27.6 Å². The molecule has 8 heteroatoms. The number of aromatic nitrogens is 2. The number of non-ortho nitro benzene ring substituents is 1. The molecular formula is C22H23N5O3. The Morgan fingerprint density at radius 3 is 2.63 bits per heavy atom. The first kappa shape index (κ1) is 19.6. The lowest BCUT2D eigenvalue weighted by molar-refractivity contribution is -0.384. The average molecular weight is 405 g/mol. The number of anilines is 1. The molecule has 4 rings (SSSR count). The molecular weight excluding hydrogens is 382 g/mol. The Balaban J connectivity index is 1.99. The van der Waals surface area contributed by atoms with E-state index in [0.29, 0.717) is 35.9 Å². The van der Waals surface area contributed by atoms with E-state index in [4.69, 9.17) is 0 Å². The molecule has 1 amide bonds. The van der Waals surface area contributed by atoms with Crippen LogP contribution in [0.1, 0.15) is 32.4 Å². The quantitative estimate of drug-likeness (QED) is 0.509. The van der Waals surface area contributed by atoms with Crippen LogP contribution < -0.4 is 5.32 Å². The lowest BCUT2D eigenvalue weighted by Gasteiger charge is -2.33. The van der Waals surface area contributed by atoms with Crippen molar-refractivity contribution in [3.8, 4) is 0 Å². The molecule has 1 N–H and O–H groups in total. The molecule has 0 fully saturated rings. The standard InChI is InChI=1S/C22H23N5O3/c1-4-25(5-2)21(28)19-14(3)23-22-24-17-11-6-7-12-18(17)26(22)20(19)15-9-8-10-16(13-15)27(29)30/h6-13,20H,4-5H2,1-3H3,(H,23,24)/t20-/m1/s1. The fraction of sp³-hybridized carbons (Fsp3) is 0.273. The van der Waals surface area contributed by atoms with Crippen molar-refractivity contribution in [2.75, 3.05) is 18.4 Å². The number of hydrogen-bond donors (Lipinski definition) is 1. The van der Waals surface area contributed by atoms with Gasteiger partial charge in [-0.15, -0.1) is 0 Å². The Hall–Kier alpha value is -3.68. The summed E-state index contributed by atoms with van der Waals surface area (Å²) in [4.78, 5) is 30.9. The van der Waals surface area contributed by atoms with Gasteiger partial charge in [-0.25, -0.2) is 4.98 Å². The fourth-order valence-corrected chi connectivity index (χ4v) is 4.05. The molecule has 0 saturated carbocycles. The minimum absolute atomic E-state index is 0.00991. The van der Waals surface area contributed by atoms with Gasteiger partial charge in [0.1, 0.15) is 0 Å². The Morgan fingerprint density at radius 2 is 1.93 bits per heavy atom. The Kier molecular flexibility index (Phi) is 4.99. The second kappa shape index (κ2) is 7.62. The predicted molar refractivity (Wildman–Crippen MR) is 115 cm³/mol. The van der Waals surface area contributed by atoms with Gasteiger partial charge in [0.2, 0.25) is 5.95 Å². The number of benzene rings is 2. The van der Waals surface area contributed by atoms with Crippen molar-refractivity contribution in [1.82, 2.24) is 14.5 Å². The Morgan fingerprint density at radius 1 is 1.20 bits per heavy atom. The molecule has 0 radical (unpaired) electrons. The van der Waals surface area contributed by atoms with Crippen molar-refractivity contribution < 1.29 is 9.72 Å². The second-order valence-corrected chi connectivity index (χ2v) is 7.19. The van der Waals surface area contributed by atoms with Gasteiger partial charge in [-0.05, 0) is 38.5 Å². The number of nitrogens with one attached hydrogen (secondary N) is 1. The number of rotatable bonds is 5. The van der Waals surface area contributed by atoms with Crippen LogP contribution in [-0.2, 0) is 4.79 Å². The zero-order valence-electron chi connectivity index (χ0n) is 17.1. The predicted octanol–water partition coefficient (Wildman–Crippen LogP) is 4.10. The Labute approximate surface area is 174 Å². The highest BCUT2D eigenvalue weighted by Crippen LogP contribution is 2.40. The molecule has 3 aromatic rings. The highest BCUT2D eigenvalue weighted by Gasteiger charge is 2.36. The van der Waals surface area contributed by atoms with E-state index in [9.17, 15) is 14.9 Å². The van der Waals surface area contributed by atoms with Gasteiger partial charge in [-0.1, -0.05) is 24.3 Å². The van der Waals surface area contributed by atoms with E-state index in [2.05, 4.69) is 10.3 Å². The zero-order valence-corrected chi connectivity index (χ0v) is 17.1. The first-order valence-corrected chi connectivity index (χ1v) is 9.94. The van der Waals surface area contributed by atoms with E-state index in [1.165, 1.54) is 12.1 Å². The summed E-state index contributed by atoms with van der Waals surface area (Å²) in [7, 11) is 0. The summed E-state index contributed by atoms with van der Waals surface area (Å²) in [5.41, 5.74) is 3.57. The van der Waals surface area contributed by atoms with Crippen LogP contribution in [0.4, 0.5) is 11.6 Å². The highest BCUT2D eigenvalue weighted by atomic mass is 16.6. The van der Waals surface area contributed by atoms with Crippen LogP contribution in [0.25, 0.3) is 11.0 Å². The summed E-state index contributed by atoms with van der Waals surface area (Å²) in [6.45, 7) is 6.88. The van der Waals surface area contributed by atoms with Crippen LogP contribution in [0.2, 0.25) is 0 Å². The molecule has 0 saturated heterocycles. The number of allylic oxidation sites excluding steroid dienone is 1. The number of nitro groups is 1. The van der Waals surface area contributed by atoms with Crippen LogP contribution in [0.5, 0.6) is 0 Å². The third-order valence-corrected chi connectivity index (χ3v) is 5.51. The summed E-state index contributed by atoms with van der Waals surface area (Å²) in [6, 6.07) is 13.6. The maximum atomic E-state index is 13.5. The molecule has 0 bridgehead atoms. The molecule has 2 heterocycles. The monoisotopic (exact) mass is 405 g/mol. The van der Waals surface area contributed by atoms with E-state index >= 15 is 0 Å². The lowest BCUT2D eigenvalue weighted by Crippen LogP contribution is -2.37. The largest absolute Gasteiger partial charge is 0.339 e. The molecule has 0 aliphatic carbocycles. The third kappa shape index (κ3) is 3.10. The van der Waals surface area contributed by atoms with Gasteiger partial charge in [0, 0.05) is 30.9 Å². The molecule has 1 atom stereocenters. The third-order valence-electron chi connectivity index (χ3n) is 5.51. The first-order chi connectivity index (χ1) is 14.5. The maximum absolute atomic E-state index is 13.5. The van der Waals surface area contributed by atoms with Crippen LogP contribution >= 0.6 is 0 Å². The highest BCUT2D eigenvalue weighted by molar-refractivity contribution is 5.98. The maximum Gasteiger partial charge on any atom is 0.269 e. The van der Waals surface area contributed by atoms with Crippen molar-refractivity contribution in [3.05, 3.63) is 75.5 Å². The lowest BCUT2D eigenvalue weighted by atomic mass is 9.93. The normalized spacial score (nSPS) is 15.6. The topological polar surface area (TPSA) is 93.3 Å². The number of likely N-dealkylation sites (N-methyl/N-ethyl adjacent to an activating group) is 1. The van der Waals surface area contributed by atoms with Gasteiger partial charge >= 0.3 is 0 Å². The molecule has 0 unspecified atom stereocenters. The van der Waals surface area contributed by atoms with Crippen LogP contribution in [-0.4, -0.2) is 38.4 Å². The van der Waals surface area contributed by atoms with Crippen LogP contribution in [0.15, 0.2) is 59.8 Å². The summed E-state index contributed by atoms with van der Waals surface area (Å²) < 4.78 is 1.96. The minimum atomic E-state index is -0.526. The van der Waals surface area contributed by atoms with Crippen LogP contribution in [0.3, 0.4) is 0 Å². The minimum Gasteiger partial charge on any atom is -0.339 e. The number of para-hydroxylation sites is 2.